The Morgan fingerprint density at radius 1 is 1.06 bits per heavy atom. The van der Waals surface area contributed by atoms with Gasteiger partial charge in [-0.3, -0.25) is 9.58 Å². The van der Waals surface area contributed by atoms with Gasteiger partial charge in [0.05, 0.1) is 31.8 Å². The highest BCUT2D eigenvalue weighted by atomic mass is 16.5. The Balaban J connectivity index is 1.50. The van der Waals surface area contributed by atoms with Gasteiger partial charge in [0.2, 0.25) is 0 Å². The van der Waals surface area contributed by atoms with Crippen molar-refractivity contribution in [3.63, 3.8) is 0 Å². The molecule has 1 unspecified atom stereocenters. The summed E-state index contributed by atoms with van der Waals surface area (Å²) in [5.41, 5.74) is 4.57. The number of aryl methyl sites for hydroxylation is 1. The monoisotopic (exact) mass is 443 g/mol. The zero-order chi connectivity index (χ0) is 22.9. The first-order chi connectivity index (χ1) is 16.3. The quantitative estimate of drug-likeness (QED) is 0.488. The van der Waals surface area contributed by atoms with Crippen LogP contribution < -0.4 is 10.1 Å². The Morgan fingerprint density at radius 3 is 2.52 bits per heavy atom. The van der Waals surface area contributed by atoms with Crippen LogP contribution in [-0.4, -0.2) is 41.4 Å². The Hall–Kier alpha value is -3.14. The normalized spacial score (nSPS) is 15.2. The highest BCUT2D eigenvalue weighted by Gasteiger charge is 2.22. The molecule has 2 heterocycles. The SMILES string of the molecule is COc1ccc(C(CNCc2cn(CCC#N)nc2-c2ccccc2)N2CCCCC2)cc1. The summed E-state index contributed by atoms with van der Waals surface area (Å²) < 4.78 is 7.26. The second-order valence-electron chi connectivity index (χ2n) is 8.56. The molecule has 6 nitrogen and oxygen atoms in total. The second kappa shape index (κ2) is 11.6. The van der Waals surface area contributed by atoms with E-state index in [0.717, 1.165) is 48.7 Å². The molecule has 1 aromatic heterocycles. The first-order valence-electron chi connectivity index (χ1n) is 11.9. The Labute approximate surface area is 196 Å². The standard InChI is InChI=1S/C27H33N5O/c1-33-25-13-11-22(12-14-25)26(31-16-6-3-7-17-31)20-29-19-24-21-32(18-8-15-28)30-27(24)23-9-4-2-5-10-23/h2,4-5,9-14,21,26,29H,3,6-8,16-20H2,1H3. The fourth-order valence-corrected chi connectivity index (χ4v) is 4.57. The summed E-state index contributed by atoms with van der Waals surface area (Å²) in [5, 5.41) is 17.5. The van der Waals surface area contributed by atoms with E-state index in [1.807, 2.05) is 22.9 Å². The van der Waals surface area contributed by atoms with Gasteiger partial charge in [0.1, 0.15) is 5.75 Å². The third kappa shape index (κ3) is 6.01. The van der Waals surface area contributed by atoms with E-state index < -0.39 is 0 Å². The number of rotatable bonds is 10. The molecule has 0 radical (unpaired) electrons. The molecular formula is C27H33N5O. The first kappa shape index (κ1) is 23.0. The largest absolute Gasteiger partial charge is 0.497 e. The number of hydrogen-bond acceptors (Lipinski definition) is 5. The maximum Gasteiger partial charge on any atom is 0.118 e. The molecule has 0 bridgehead atoms. The number of nitriles is 1. The molecule has 1 aliphatic heterocycles. The predicted octanol–water partition coefficient (Wildman–Crippen LogP) is 4.79. The second-order valence-corrected chi connectivity index (χ2v) is 8.56. The van der Waals surface area contributed by atoms with E-state index in [0.29, 0.717) is 19.0 Å². The van der Waals surface area contributed by atoms with Crippen LogP contribution in [-0.2, 0) is 13.1 Å². The van der Waals surface area contributed by atoms with Crippen molar-refractivity contribution >= 4 is 0 Å². The van der Waals surface area contributed by atoms with Gasteiger partial charge in [0.15, 0.2) is 0 Å². The number of ether oxygens (including phenoxy) is 1. The van der Waals surface area contributed by atoms with Crippen molar-refractivity contribution in [2.45, 2.75) is 44.8 Å². The number of piperidine rings is 1. The summed E-state index contributed by atoms with van der Waals surface area (Å²) >= 11 is 0. The molecule has 1 N–H and O–H groups in total. The third-order valence-corrected chi connectivity index (χ3v) is 6.32. The lowest BCUT2D eigenvalue weighted by molar-refractivity contribution is 0.160. The van der Waals surface area contributed by atoms with Gasteiger partial charge in [-0.05, 0) is 43.6 Å². The number of likely N-dealkylation sites (tertiary alicyclic amines) is 1. The van der Waals surface area contributed by atoms with Crippen LogP contribution in [0, 0.1) is 11.3 Å². The van der Waals surface area contributed by atoms with Crippen LogP contribution in [0.25, 0.3) is 11.3 Å². The van der Waals surface area contributed by atoms with E-state index in [-0.39, 0.29) is 0 Å². The van der Waals surface area contributed by atoms with Crippen LogP contribution in [0.15, 0.2) is 60.8 Å². The number of hydrogen-bond donors (Lipinski definition) is 1. The average Bonchev–Trinajstić information content (AvgIpc) is 3.29. The van der Waals surface area contributed by atoms with Crippen molar-refractivity contribution in [1.82, 2.24) is 20.0 Å². The molecule has 0 aliphatic carbocycles. The number of benzene rings is 2. The van der Waals surface area contributed by atoms with E-state index in [1.54, 1.807) is 7.11 Å². The Morgan fingerprint density at radius 2 is 1.82 bits per heavy atom. The smallest absolute Gasteiger partial charge is 0.118 e. The van der Waals surface area contributed by atoms with Crippen LogP contribution >= 0.6 is 0 Å². The molecule has 3 aromatic rings. The molecule has 1 saturated heterocycles. The van der Waals surface area contributed by atoms with Crippen molar-refractivity contribution in [1.29, 1.82) is 5.26 Å². The zero-order valence-electron chi connectivity index (χ0n) is 19.4. The maximum absolute atomic E-state index is 8.97. The van der Waals surface area contributed by atoms with Gasteiger partial charge in [-0.25, -0.2) is 0 Å². The van der Waals surface area contributed by atoms with Crippen LogP contribution in [0.2, 0.25) is 0 Å². The van der Waals surface area contributed by atoms with Crippen LogP contribution in [0.3, 0.4) is 0 Å². The lowest BCUT2D eigenvalue weighted by atomic mass is 10.0. The Bertz CT molecular complexity index is 1030. The van der Waals surface area contributed by atoms with Gasteiger partial charge >= 0.3 is 0 Å². The molecule has 4 rings (SSSR count). The van der Waals surface area contributed by atoms with Gasteiger partial charge in [-0.1, -0.05) is 48.9 Å². The molecule has 0 amide bonds. The highest BCUT2D eigenvalue weighted by molar-refractivity contribution is 5.62. The lowest BCUT2D eigenvalue weighted by Gasteiger charge is -2.35. The van der Waals surface area contributed by atoms with Crippen LogP contribution in [0.4, 0.5) is 0 Å². The van der Waals surface area contributed by atoms with E-state index in [2.05, 4.69) is 58.9 Å². The van der Waals surface area contributed by atoms with Gasteiger partial charge in [0.25, 0.3) is 0 Å². The van der Waals surface area contributed by atoms with E-state index in [4.69, 9.17) is 15.1 Å². The van der Waals surface area contributed by atoms with Gasteiger partial charge < -0.3 is 10.1 Å². The number of nitrogens with zero attached hydrogens (tertiary/aromatic N) is 4. The number of methoxy groups -OCH3 is 1. The highest BCUT2D eigenvalue weighted by Crippen LogP contribution is 2.27. The first-order valence-corrected chi connectivity index (χ1v) is 11.9. The summed E-state index contributed by atoms with van der Waals surface area (Å²) in [4.78, 5) is 2.60. The van der Waals surface area contributed by atoms with Crippen molar-refractivity contribution in [3.05, 3.63) is 71.9 Å². The fourth-order valence-electron chi connectivity index (χ4n) is 4.57. The van der Waals surface area contributed by atoms with Crippen LogP contribution in [0.5, 0.6) is 5.75 Å². The third-order valence-electron chi connectivity index (χ3n) is 6.32. The maximum atomic E-state index is 8.97. The summed E-state index contributed by atoms with van der Waals surface area (Å²) in [6, 6.07) is 21.3. The number of nitrogens with one attached hydrogen (secondary N) is 1. The summed E-state index contributed by atoms with van der Waals surface area (Å²) in [7, 11) is 1.71. The van der Waals surface area contributed by atoms with E-state index in [1.165, 1.54) is 24.8 Å². The van der Waals surface area contributed by atoms with Crippen molar-refractivity contribution in [3.8, 4) is 23.1 Å². The molecule has 2 aromatic carbocycles. The molecule has 0 saturated carbocycles. The summed E-state index contributed by atoms with van der Waals surface area (Å²) in [6.45, 7) is 4.49. The summed E-state index contributed by atoms with van der Waals surface area (Å²) in [5.74, 6) is 0.890. The Kier molecular flexibility index (Phi) is 8.13. The zero-order valence-corrected chi connectivity index (χ0v) is 19.4. The number of aromatic nitrogens is 2. The molecule has 1 aliphatic rings. The molecule has 0 spiro atoms. The van der Waals surface area contributed by atoms with Gasteiger partial charge in [-0.2, -0.15) is 10.4 Å². The van der Waals surface area contributed by atoms with Gasteiger partial charge in [-0.15, -0.1) is 0 Å². The minimum atomic E-state index is 0.324. The topological polar surface area (TPSA) is 66.1 Å². The van der Waals surface area contributed by atoms with E-state index in [9.17, 15) is 0 Å². The fraction of sp³-hybridized carbons (Fsp3) is 0.407. The molecule has 172 valence electrons. The minimum absolute atomic E-state index is 0.324. The lowest BCUT2D eigenvalue weighted by Crippen LogP contribution is -2.39. The summed E-state index contributed by atoms with van der Waals surface area (Å²) in [6.07, 6.45) is 6.38. The minimum Gasteiger partial charge on any atom is -0.497 e. The van der Waals surface area contributed by atoms with Crippen molar-refractivity contribution in [2.75, 3.05) is 26.7 Å². The van der Waals surface area contributed by atoms with Crippen molar-refractivity contribution in [2.24, 2.45) is 0 Å². The van der Waals surface area contributed by atoms with Crippen LogP contribution in [0.1, 0.15) is 42.9 Å². The van der Waals surface area contributed by atoms with Gasteiger partial charge in [0, 0.05) is 36.5 Å². The molecule has 33 heavy (non-hydrogen) atoms. The van der Waals surface area contributed by atoms with Crippen molar-refractivity contribution < 1.29 is 4.74 Å². The molecule has 6 heteroatoms. The molecule has 1 atom stereocenters. The average molecular weight is 444 g/mol. The predicted molar refractivity (Wildman–Crippen MR) is 131 cm³/mol. The molecule has 1 fully saturated rings. The van der Waals surface area contributed by atoms with E-state index >= 15 is 0 Å². The molecular weight excluding hydrogens is 410 g/mol.